The first kappa shape index (κ1) is 59.1. The van der Waals surface area contributed by atoms with E-state index in [9.17, 15) is 0 Å². The van der Waals surface area contributed by atoms with E-state index in [1.807, 2.05) is 0 Å². The van der Waals surface area contributed by atoms with E-state index in [4.69, 9.17) is 0 Å². The third kappa shape index (κ3) is 17.0. The van der Waals surface area contributed by atoms with Gasteiger partial charge in [-0.3, -0.25) is 0 Å². The van der Waals surface area contributed by atoms with E-state index >= 15 is 0 Å². The monoisotopic (exact) mass is 1150 g/mol. The van der Waals surface area contributed by atoms with Crippen molar-refractivity contribution in [1.82, 2.24) is 9.13 Å². The van der Waals surface area contributed by atoms with Crippen LogP contribution in [0.25, 0.3) is 44.3 Å². The topological polar surface area (TPSA) is 9.86 Å². The van der Waals surface area contributed by atoms with Crippen molar-refractivity contribution in [3.05, 3.63) is 116 Å². The van der Waals surface area contributed by atoms with Gasteiger partial charge in [0.1, 0.15) is 0 Å². The van der Waals surface area contributed by atoms with Crippen LogP contribution in [0.5, 0.6) is 0 Å². The second-order valence-corrected chi connectivity index (χ2v) is 26.0. The summed E-state index contributed by atoms with van der Waals surface area (Å²) in [6.45, 7) is 4.63. The highest BCUT2D eigenvalue weighted by atomic mass is 79.9. The first-order chi connectivity index (χ1) is 37.6. The molecule has 0 bridgehead atoms. The van der Waals surface area contributed by atoms with Crippen LogP contribution in [0, 0.1) is 0 Å². The Labute approximate surface area is 481 Å². The average Bonchev–Trinajstić information content (AvgIpc) is 3.99. The molecule has 0 N–H and O–H groups in total. The zero-order valence-corrected chi connectivity index (χ0v) is 51.3. The summed E-state index contributed by atoms with van der Waals surface area (Å²) in [6, 6.07) is 33.2. The van der Waals surface area contributed by atoms with Crippen LogP contribution in [0.1, 0.15) is 292 Å². The number of benzene rings is 4. The van der Waals surface area contributed by atoms with Crippen molar-refractivity contribution in [2.75, 3.05) is 0 Å². The molecule has 0 aliphatic heterocycles. The molecule has 2 aliphatic rings. The summed E-state index contributed by atoms with van der Waals surface area (Å²) in [4.78, 5) is 0. The average molecular weight is 1160 g/mol. The summed E-state index contributed by atoms with van der Waals surface area (Å²) >= 11 is 7.71. The Hall–Kier alpha value is -3.08. The van der Waals surface area contributed by atoms with Crippen molar-refractivity contribution in [2.45, 2.75) is 283 Å². The summed E-state index contributed by atoms with van der Waals surface area (Å²) in [5.74, 6) is 1.25. The Morgan fingerprint density at radius 3 is 0.947 bits per heavy atom. The lowest BCUT2D eigenvalue weighted by Crippen LogP contribution is -2.14. The molecule has 2 nitrogen and oxygen atoms in total. The lowest BCUT2D eigenvalue weighted by Gasteiger charge is -2.26. The van der Waals surface area contributed by atoms with Gasteiger partial charge in [-0.2, -0.15) is 0 Å². The number of hydrogen-bond donors (Lipinski definition) is 0. The summed E-state index contributed by atoms with van der Waals surface area (Å²) in [5, 5.41) is 2.89. The van der Waals surface area contributed by atoms with Crippen molar-refractivity contribution in [1.29, 1.82) is 0 Å². The molecule has 6 aromatic rings. The lowest BCUT2D eigenvalue weighted by molar-refractivity contribution is 0.469. The van der Waals surface area contributed by atoms with Gasteiger partial charge in [0.05, 0.1) is 11.0 Å². The summed E-state index contributed by atoms with van der Waals surface area (Å²) < 4.78 is 7.70. The number of aromatic nitrogens is 2. The van der Waals surface area contributed by atoms with Gasteiger partial charge in [-0.15, -0.1) is 0 Å². The molecule has 2 unspecified atom stereocenters. The minimum absolute atomic E-state index is 0.624. The van der Waals surface area contributed by atoms with Crippen LogP contribution in [0.3, 0.4) is 0 Å². The zero-order chi connectivity index (χ0) is 52.6. The molecule has 0 amide bonds. The third-order valence-electron chi connectivity index (χ3n) is 18.3. The molecule has 2 heterocycles. The number of aryl methyl sites for hydroxylation is 2. The van der Waals surface area contributed by atoms with Crippen LogP contribution in [0.4, 0.5) is 0 Å². The Morgan fingerprint density at radius 2 is 0.645 bits per heavy atom. The molecule has 4 aromatic carbocycles. The number of nitrogens with zero attached hydrogens (tertiary/aromatic N) is 2. The molecule has 0 saturated carbocycles. The standard InChI is InChI=1S/C72H102Br2N2/c1-3-5-7-9-11-13-15-17-19-21-23-25-27-29-31-33-37-59-39-35-41-65-67-55-61(73)47-53-69(67)75(71(59)65)63-49-43-57(44-50-63)58-45-51-64(52-46-58)76-70-54-48-62(74)56-68(70)66-42-36-40-60(72(66)76)38-34-32-30-28-26-24-22-20-18-16-14-12-10-8-6-4-2/h43-56,59-60H,3-42H2,1-2H3. The molecule has 0 saturated heterocycles. The van der Waals surface area contributed by atoms with E-state index in [0.717, 1.165) is 0 Å². The van der Waals surface area contributed by atoms with Gasteiger partial charge in [-0.1, -0.05) is 275 Å². The van der Waals surface area contributed by atoms with Gasteiger partial charge >= 0.3 is 0 Å². The van der Waals surface area contributed by atoms with Gasteiger partial charge in [-0.25, -0.2) is 0 Å². The van der Waals surface area contributed by atoms with Crippen molar-refractivity contribution in [2.24, 2.45) is 0 Å². The lowest BCUT2D eigenvalue weighted by atomic mass is 9.83. The summed E-state index contributed by atoms with van der Waals surface area (Å²) in [7, 11) is 0. The van der Waals surface area contributed by atoms with Crippen LogP contribution in [0.2, 0.25) is 0 Å². The van der Waals surface area contributed by atoms with E-state index in [1.54, 1.807) is 22.5 Å². The van der Waals surface area contributed by atoms with E-state index in [-0.39, 0.29) is 0 Å². The smallest absolute Gasteiger partial charge is 0.0535 e. The maximum Gasteiger partial charge on any atom is 0.0535 e. The Bertz CT molecular complexity index is 2400. The van der Waals surface area contributed by atoms with E-state index in [1.165, 1.54) is 310 Å². The molecule has 8 rings (SSSR count). The largest absolute Gasteiger partial charge is 0.313 e. The molecule has 2 atom stereocenters. The van der Waals surface area contributed by atoms with Gasteiger partial charge in [-0.05, 0) is 146 Å². The molecule has 2 aromatic heterocycles. The normalized spacial score (nSPS) is 15.5. The van der Waals surface area contributed by atoms with E-state index in [0.29, 0.717) is 11.8 Å². The first-order valence-electron chi connectivity index (χ1n) is 32.4. The summed E-state index contributed by atoms with van der Waals surface area (Å²) in [5.41, 5.74) is 14.3. The van der Waals surface area contributed by atoms with Crippen LogP contribution >= 0.6 is 31.9 Å². The van der Waals surface area contributed by atoms with E-state index in [2.05, 4.69) is 140 Å². The number of unbranched alkanes of at least 4 members (excludes halogenated alkanes) is 30. The van der Waals surface area contributed by atoms with Crippen LogP contribution < -0.4 is 0 Å². The number of rotatable bonds is 37. The molecule has 0 spiro atoms. The van der Waals surface area contributed by atoms with Crippen LogP contribution in [-0.2, 0) is 12.8 Å². The highest BCUT2D eigenvalue weighted by Gasteiger charge is 2.30. The Balaban J connectivity index is 0.851. The minimum Gasteiger partial charge on any atom is -0.313 e. The van der Waals surface area contributed by atoms with Crippen molar-refractivity contribution < 1.29 is 0 Å². The van der Waals surface area contributed by atoms with E-state index < -0.39 is 0 Å². The third-order valence-corrected chi connectivity index (χ3v) is 19.3. The fraction of sp³-hybridized carbons (Fsp3) is 0.611. The Kier molecular flexibility index (Phi) is 25.5. The maximum atomic E-state index is 3.86. The van der Waals surface area contributed by atoms with Crippen molar-refractivity contribution in [3.63, 3.8) is 0 Å². The molecular formula is C72H102Br2N2. The molecule has 2 aliphatic carbocycles. The van der Waals surface area contributed by atoms with Crippen molar-refractivity contribution >= 4 is 53.7 Å². The van der Waals surface area contributed by atoms with Crippen LogP contribution in [0.15, 0.2) is 93.9 Å². The first-order valence-corrected chi connectivity index (χ1v) is 34.0. The number of hydrogen-bond acceptors (Lipinski definition) is 0. The second-order valence-electron chi connectivity index (χ2n) is 24.2. The summed E-state index contributed by atoms with van der Waals surface area (Å²) in [6.07, 6.45) is 55.8. The molecule has 4 heteroatoms. The Morgan fingerprint density at radius 1 is 0.355 bits per heavy atom. The minimum atomic E-state index is 0.624. The number of fused-ring (bicyclic) bond motifs is 6. The highest BCUT2D eigenvalue weighted by Crippen LogP contribution is 2.45. The maximum absolute atomic E-state index is 3.86. The molecule has 0 radical (unpaired) electrons. The fourth-order valence-corrected chi connectivity index (χ4v) is 14.7. The van der Waals surface area contributed by atoms with Crippen molar-refractivity contribution in [3.8, 4) is 22.5 Å². The predicted molar refractivity (Wildman–Crippen MR) is 341 cm³/mol. The van der Waals surface area contributed by atoms with Crippen LogP contribution in [-0.4, -0.2) is 9.13 Å². The zero-order valence-electron chi connectivity index (χ0n) is 48.2. The quantitative estimate of drug-likeness (QED) is 0.0344. The fourth-order valence-electron chi connectivity index (χ4n) is 14.0. The van der Waals surface area contributed by atoms with Gasteiger partial charge in [0.2, 0.25) is 0 Å². The molecule has 76 heavy (non-hydrogen) atoms. The number of halogens is 2. The second kappa shape index (κ2) is 32.9. The highest BCUT2D eigenvalue weighted by molar-refractivity contribution is 9.10. The van der Waals surface area contributed by atoms with Gasteiger partial charge in [0, 0.05) is 42.5 Å². The van der Waals surface area contributed by atoms with Gasteiger partial charge < -0.3 is 9.13 Å². The van der Waals surface area contributed by atoms with Gasteiger partial charge in [0.15, 0.2) is 0 Å². The van der Waals surface area contributed by atoms with Gasteiger partial charge in [0.25, 0.3) is 0 Å². The molecule has 0 fully saturated rings. The molecule has 414 valence electrons. The predicted octanol–water partition coefficient (Wildman–Crippen LogP) is 24.9. The SMILES string of the molecule is CCCCCCCCCCCCCCCCCCC1CCCc2c1n(-c1ccc(-c3ccc(-n4c5c(c6cc(Br)ccc64)CCCC5CCCCCCCCCCCCCCCCCC)cc3)cc1)c1ccc(Br)cc21. The molecular weight excluding hydrogens is 1050 g/mol.